The van der Waals surface area contributed by atoms with Crippen LogP contribution in [0.4, 0.5) is 24.0 Å². The third kappa shape index (κ3) is 10.5. The van der Waals surface area contributed by atoms with Gasteiger partial charge in [-0.15, -0.1) is 10.2 Å². The minimum Gasteiger partial charge on any atom is -0.465 e. The van der Waals surface area contributed by atoms with Crippen molar-refractivity contribution in [3.8, 4) is 10.6 Å². The summed E-state index contributed by atoms with van der Waals surface area (Å²) in [5.41, 5.74) is 1.65. The molecule has 1 N–H and O–H groups in total. The second-order valence-electron chi connectivity index (χ2n) is 8.78. The van der Waals surface area contributed by atoms with E-state index in [-0.39, 0.29) is 5.97 Å². The number of carbonyl (C=O) groups is 1. The lowest BCUT2D eigenvalue weighted by Crippen LogP contribution is -2.13. The van der Waals surface area contributed by atoms with E-state index in [9.17, 15) is 18.0 Å². The molecule has 0 saturated heterocycles. The van der Waals surface area contributed by atoms with E-state index in [1.807, 2.05) is 38.1 Å². The van der Waals surface area contributed by atoms with Crippen molar-refractivity contribution < 1.29 is 22.7 Å². The molecule has 3 rings (SSSR count). The zero-order valence-corrected chi connectivity index (χ0v) is 22.7. The van der Waals surface area contributed by atoms with E-state index < -0.39 is 11.7 Å². The number of ether oxygens (including phenoxy) is 1. The maximum atomic E-state index is 12.7. The van der Waals surface area contributed by atoms with Gasteiger partial charge in [-0.25, -0.2) is 0 Å². The van der Waals surface area contributed by atoms with Gasteiger partial charge in [0.05, 0.1) is 12.2 Å². The monoisotopic (exact) mass is 535 g/mol. The van der Waals surface area contributed by atoms with Gasteiger partial charge in [-0.3, -0.25) is 4.79 Å². The van der Waals surface area contributed by atoms with Crippen LogP contribution in [0.3, 0.4) is 0 Å². The Morgan fingerprint density at radius 1 is 1.05 bits per heavy atom. The molecule has 0 aliphatic carbocycles. The molecular weight excluding hydrogens is 499 g/mol. The minimum absolute atomic E-state index is 0.0394. The number of rotatable bonds is 11. The van der Waals surface area contributed by atoms with Crippen LogP contribution in [-0.2, 0) is 15.7 Å². The van der Waals surface area contributed by atoms with Crippen LogP contribution in [0.25, 0.3) is 10.6 Å². The SMILES string of the molecule is CCCCC(CC)COC(=O)CCC.Cc1ccccc1-c1nnc(Nc2cccc(C(F)(F)F)c2)s1. The van der Waals surface area contributed by atoms with Crippen molar-refractivity contribution in [2.24, 2.45) is 5.92 Å². The highest BCUT2D eigenvalue weighted by Gasteiger charge is 2.30. The van der Waals surface area contributed by atoms with Gasteiger partial charge in [0.2, 0.25) is 5.13 Å². The fourth-order valence-corrected chi connectivity index (χ4v) is 4.33. The number of hydrogen-bond donors (Lipinski definition) is 1. The van der Waals surface area contributed by atoms with E-state index in [0.29, 0.717) is 29.8 Å². The van der Waals surface area contributed by atoms with Crippen LogP contribution < -0.4 is 5.32 Å². The molecule has 0 spiro atoms. The number of anilines is 2. The van der Waals surface area contributed by atoms with E-state index >= 15 is 0 Å². The summed E-state index contributed by atoms with van der Waals surface area (Å²) in [4.78, 5) is 11.1. The number of aromatic nitrogens is 2. The van der Waals surface area contributed by atoms with Gasteiger partial charge < -0.3 is 10.1 Å². The standard InChI is InChI=1S/C16H12F3N3S.C12H24O2/c1-10-5-2-3-8-13(10)14-21-22-15(23-14)20-12-7-4-6-11(9-12)16(17,18)19;1-4-7-9-11(6-3)10-14-12(13)8-5-2/h2-9H,1H3,(H,20,22);11H,4-10H2,1-3H3. The number of aryl methyl sites for hydroxylation is 1. The number of nitrogens with zero attached hydrogens (tertiary/aromatic N) is 2. The van der Waals surface area contributed by atoms with Gasteiger partial charge in [0, 0.05) is 17.7 Å². The van der Waals surface area contributed by atoms with Crippen LogP contribution in [0.2, 0.25) is 0 Å². The Morgan fingerprint density at radius 3 is 2.46 bits per heavy atom. The van der Waals surface area contributed by atoms with Crippen LogP contribution in [0, 0.1) is 12.8 Å². The first-order valence-electron chi connectivity index (χ1n) is 12.7. The lowest BCUT2D eigenvalue weighted by molar-refractivity contribution is -0.145. The van der Waals surface area contributed by atoms with Crippen LogP contribution >= 0.6 is 11.3 Å². The lowest BCUT2D eigenvalue weighted by Gasteiger charge is -2.14. The van der Waals surface area contributed by atoms with Gasteiger partial charge in [-0.1, -0.05) is 81.7 Å². The van der Waals surface area contributed by atoms with Crippen molar-refractivity contribution in [3.63, 3.8) is 0 Å². The highest BCUT2D eigenvalue weighted by molar-refractivity contribution is 7.18. The first-order chi connectivity index (χ1) is 17.7. The highest BCUT2D eigenvalue weighted by atomic mass is 32.1. The molecule has 0 bridgehead atoms. The number of hydrogen-bond acceptors (Lipinski definition) is 6. The largest absolute Gasteiger partial charge is 0.465 e. The molecule has 2 aromatic carbocycles. The van der Waals surface area contributed by atoms with Gasteiger partial charge >= 0.3 is 12.1 Å². The van der Waals surface area contributed by atoms with Crippen LogP contribution in [0.15, 0.2) is 48.5 Å². The average Bonchev–Trinajstić information content (AvgIpc) is 3.33. The normalized spacial score (nSPS) is 11.9. The second-order valence-corrected chi connectivity index (χ2v) is 9.76. The molecule has 3 aromatic rings. The number of esters is 1. The highest BCUT2D eigenvalue weighted by Crippen LogP contribution is 2.33. The molecule has 1 unspecified atom stereocenters. The summed E-state index contributed by atoms with van der Waals surface area (Å²) in [5, 5.41) is 12.1. The molecule has 0 radical (unpaired) electrons. The molecule has 0 amide bonds. The molecule has 9 heteroatoms. The Hall–Kier alpha value is -2.94. The van der Waals surface area contributed by atoms with Crippen LogP contribution in [-0.4, -0.2) is 22.8 Å². The maximum absolute atomic E-state index is 12.7. The maximum Gasteiger partial charge on any atom is 0.416 e. The third-order valence-corrected chi connectivity index (χ3v) is 6.59. The van der Waals surface area contributed by atoms with Gasteiger partial charge in [-0.2, -0.15) is 13.2 Å². The molecule has 0 aliphatic heterocycles. The lowest BCUT2D eigenvalue weighted by atomic mass is 10.0. The number of benzene rings is 2. The third-order valence-electron chi connectivity index (χ3n) is 5.72. The molecule has 202 valence electrons. The average molecular weight is 536 g/mol. The molecule has 0 fully saturated rings. The van der Waals surface area contributed by atoms with Crippen molar-refractivity contribution in [2.75, 3.05) is 11.9 Å². The predicted octanol–water partition coefficient (Wildman–Crippen LogP) is 8.82. The summed E-state index contributed by atoms with van der Waals surface area (Å²) >= 11 is 1.29. The van der Waals surface area contributed by atoms with E-state index in [1.54, 1.807) is 6.07 Å². The van der Waals surface area contributed by atoms with E-state index in [2.05, 4.69) is 29.4 Å². The number of nitrogens with one attached hydrogen (secondary N) is 1. The molecule has 37 heavy (non-hydrogen) atoms. The van der Waals surface area contributed by atoms with E-state index in [1.165, 1.54) is 36.7 Å². The van der Waals surface area contributed by atoms with Gasteiger partial charge in [0.25, 0.3) is 0 Å². The molecule has 0 saturated carbocycles. The van der Waals surface area contributed by atoms with Crippen molar-refractivity contribution in [1.82, 2.24) is 10.2 Å². The van der Waals surface area contributed by atoms with Crippen molar-refractivity contribution >= 4 is 28.1 Å². The second kappa shape index (κ2) is 15.3. The van der Waals surface area contributed by atoms with Crippen molar-refractivity contribution in [2.45, 2.75) is 72.4 Å². The smallest absolute Gasteiger partial charge is 0.416 e. The van der Waals surface area contributed by atoms with Crippen molar-refractivity contribution in [1.29, 1.82) is 0 Å². The molecular formula is C28H36F3N3O2S. The predicted molar refractivity (Wildman–Crippen MR) is 144 cm³/mol. The van der Waals surface area contributed by atoms with Gasteiger partial charge in [0.1, 0.15) is 5.01 Å². The fraction of sp³-hybridized carbons (Fsp3) is 0.464. The van der Waals surface area contributed by atoms with Crippen molar-refractivity contribution in [3.05, 3.63) is 59.7 Å². The molecule has 1 aromatic heterocycles. The molecule has 1 heterocycles. The Morgan fingerprint density at radius 2 is 1.81 bits per heavy atom. The summed E-state index contributed by atoms with van der Waals surface area (Å²) in [6.07, 6.45) is 1.83. The molecule has 1 atom stereocenters. The topological polar surface area (TPSA) is 64.1 Å². The fourth-order valence-electron chi connectivity index (χ4n) is 3.48. The summed E-state index contributed by atoms with van der Waals surface area (Å²) in [6.45, 7) is 8.94. The number of alkyl halides is 3. The van der Waals surface area contributed by atoms with E-state index in [0.717, 1.165) is 41.1 Å². The summed E-state index contributed by atoms with van der Waals surface area (Å²) in [6, 6.07) is 12.7. The quantitative estimate of drug-likeness (QED) is 0.249. The number of carbonyl (C=O) groups excluding carboxylic acids is 1. The van der Waals surface area contributed by atoms with Gasteiger partial charge in [-0.05, 0) is 49.4 Å². The molecule has 5 nitrogen and oxygen atoms in total. The minimum atomic E-state index is -4.37. The summed E-state index contributed by atoms with van der Waals surface area (Å²) < 4.78 is 43.4. The van der Waals surface area contributed by atoms with Crippen LogP contribution in [0.5, 0.6) is 0 Å². The first-order valence-corrected chi connectivity index (χ1v) is 13.5. The molecule has 0 aliphatic rings. The Bertz CT molecular complexity index is 1100. The summed E-state index contributed by atoms with van der Waals surface area (Å²) in [7, 11) is 0. The first kappa shape index (κ1) is 30.3. The number of unbranched alkanes of at least 4 members (excludes halogenated alkanes) is 1. The number of halogens is 3. The summed E-state index contributed by atoms with van der Waals surface area (Å²) in [5.74, 6) is 0.526. The zero-order chi connectivity index (χ0) is 27.3. The van der Waals surface area contributed by atoms with Crippen LogP contribution in [0.1, 0.15) is 70.4 Å². The zero-order valence-electron chi connectivity index (χ0n) is 21.9. The van der Waals surface area contributed by atoms with Gasteiger partial charge in [0.15, 0.2) is 0 Å². The van der Waals surface area contributed by atoms with E-state index in [4.69, 9.17) is 4.74 Å². The Labute approximate surface area is 221 Å². The Kier molecular flexibility index (Phi) is 12.6. The Balaban J connectivity index is 0.000000298.